The summed E-state index contributed by atoms with van der Waals surface area (Å²) < 4.78 is 8.56. The van der Waals surface area contributed by atoms with Crippen LogP contribution in [-0.2, 0) is 0 Å². The zero-order chi connectivity index (χ0) is 32.6. The number of aromatic nitrogens is 5. The molecule has 0 saturated carbocycles. The molecule has 0 spiro atoms. The molecule has 0 radical (unpaired) electrons. The second kappa shape index (κ2) is 12.4. The molecule has 1 aliphatic heterocycles. The van der Waals surface area contributed by atoms with Crippen molar-refractivity contribution in [3.05, 3.63) is 139 Å². The molecule has 48 heavy (non-hydrogen) atoms. The van der Waals surface area contributed by atoms with Crippen LogP contribution in [0.1, 0.15) is 18.6 Å². The Morgan fingerprint density at radius 1 is 0.812 bits per heavy atom. The number of fused-ring (bicyclic) bond motifs is 4. The molecule has 0 atom stereocenters. The normalized spacial score (nSPS) is 13.5. The number of hydrogen-bond donors (Lipinski definition) is 0. The summed E-state index contributed by atoms with van der Waals surface area (Å²) in [5.74, 6) is 6.62. The first-order chi connectivity index (χ1) is 23.6. The SMILES string of the molecule is C\B=C/C(=C\C=C/C)c1nc(C2=CC=CB2C)nc(-c2ccc3oc(-c4ccc(-n5c6ccccc6c6ccccc65)cc4)nc3c2)n1. The fraction of sp³-hybridized carbons (Fsp3) is 0.0750. The van der Waals surface area contributed by atoms with Crippen LogP contribution in [0.5, 0.6) is 0 Å². The van der Waals surface area contributed by atoms with Crippen LogP contribution in [0.3, 0.4) is 0 Å². The molecule has 228 valence electrons. The van der Waals surface area contributed by atoms with E-state index in [9.17, 15) is 0 Å². The van der Waals surface area contributed by atoms with Gasteiger partial charge >= 0.3 is 188 Å². The van der Waals surface area contributed by atoms with Crippen molar-refractivity contribution in [1.82, 2.24) is 24.5 Å². The van der Waals surface area contributed by atoms with Crippen LogP contribution in [0.15, 0.2) is 132 Å². The third-order valence-electron chi connectivity index (χ3n) is 8.73. The molecule has 0 unspecified atom stereocenters. The summed E-state index contributed by atoms with van der Waals surface area (Å²) in [7, 11) is 0. The van der Waals surface area contributed by atoms with Gasteiger partial charge in [-0.1, -0.05) is 36.4 Å². The number of hydrogen-bond acceptors (Lipinski definition) is 5. The number of allylic oxidation sites excluding steroid dienone is 6. The van der Waals surface area contributed by atoms with Crippen molar-refractivity contribution in [3.8, 4) is 28.5 Å². The summed E-state index contributed by atoms with van der Waals surface area (Å²) in [6.45, 7) is 8.35. The van der Waals surface area contributed by atoms with E-state index in [1.54, 1.807) is 0 Å². The van der Waals surface area contributed by atoms with Gasteiger partial charge in [-0.15, -0.1) is 0 Å². The second-order valence-electron chi connectivity index (χ2n) is 11.9. The first-order valence-electron chi connectivity index (χ1n) is 16.2. The van der Waals surface area contributed by atoms with Crippen molar-refractivity contribution >= 4 is 63.6 Å². The Morgan fingerprint density at radius 3 is 2.21 bits per heavy atom. The monoisotopic (exact) mass is 619 g/mol. The molecule has 0 fully saturated rings. The van der Waals surface area contributed by atoms with E-state index in [0.717, 1.165) is 33.4 Å². The van der Waals surface area contributed by atoms with Gasteiger partial charge in [0.15, 0.2) is 0 Å². The fourth-order valence-corrected chi connectivity index (χ4v) is 6.35. The molecule has 0 aliphatic carbocycles. The summed E-state index contributed by atoms with van der Waals surface area (Å²) in [6, 6.07) is 31.4. The van der Waals surface area contributed by atoms with Crippen molar-refractivity contribution in [1.29, 1.82) is 0 Å². The number of rotatable bonds is 7. The van der Waals surface area contributed by atoms with Gasteiger partial charge in [-0.3, -0.25) is 0 Å². The van der Waals surface area contributed by atoms with E-state index in [-0.39, 0.29) is 6.71 Å². The summed E-state index contributed by atoms with van der Waals surface area (Å²) in [5.41, 5.74) is 8.61. The van der Waals surface area contributed by atoms with Gasteiger partial charge in [0.1, 0.15) is 0 Å². The molecule has 3 aromatic heterocycles. The third kappa shape index (κ3) is 5.25. The minimum atomic E-state index is 0.222. The average Bonchev–Trinajstić information content (AvgIpc) is 3.85. The Morgan fingerprint density at radius 2 is 1.52 bits per heavy atom. The van der Waals surface area contributed by atoms with Crippen molar-refractivity contribution in [3.63, 3.8) is 0 Å². The Hall–Kier alpha value is -5.88. The van der Waals surface area contributed by atoms with Crippen LogP contribution in [-0.4, -0.2) is 44.1 Å². The standard InChI is InChI=1S/C40H31B2N5O/c1-4-5-11-28(25-41-2)38-44-37(45-39(46-38)32-14-10-23-42(32)3)27-19-22-36-33(24-27)43-40(48-36)26-17-20-29(21-18-26)47-34-15-8-6-12-30(34)31-13-7-9-16-35(31)47/h4-25H,1-3H3/b5-4-,28-11+. The average molecular weight is 619 g/mol. The molecule has 4 aromatic carbocycles. The first kappa shape index (κ1) is 29.5. The third-order valence-corrected chi connectivity index (χ3v) is 8.73. The predicted molar refractivity (Wildman–Crippen MR) is 202 cm³/mol. The number of para-hydroxylation sites is 2. The van der Waals surface area contributed by atoms with Crippen LogP contribution >= 0.6 is 0 Å². The molecular weight excluding hydrogens is 588 g/mol. The van der Waals surface area contributed by atoms with Crippen molar-refractivity contribution in [2.45, 2.75) is 20.6 Å². The van der Waals surface area contributed by atoms with Gasteiger partial charge in [0.05, 0.1) is 11.0 Å². The fourth-order valence-electron chi connectivity index (χ4n) is 6.35. The van der Waals surface area contributed by atoms with Crippen LogP contribution in [0.2, 0.25) is 13.6 Å². The van der Waals surface area contributed by atoms with E-state index < -0.39 is 0 Å². The molecule has 8 rings (SSSR count). The Balaban J connectivity index is 1.17. The first-order valence-corrected chi connectivity index (χ1v) is 16.2. The van der Waals surface area contributed by atoms with Crippen LogP contribution < -0.4 is 0 Å². The Kier molecular flexibility index (Phi) is 7.61. The second-order valence-corrected chi connectivity index (χ2v) is 11.9. The van der Waals surface area contributed by atoms with E-state index in [1.807, 2.05) is 63.1 Å². The van der Waals surface area contributed by atoms with E-state index in [2.05, 4.69) is 102 Å². The van der Waals surface area contributed by atoms with Gasteiger partial charge in [0, 0.05) is 16.5 Å². The molecule has 0 bridgehead atoms. The number of nitrogens with zero attached hydrogens (tertiary/aromatic N) is 5. The van der Waals surface area contributed by atoms with Crippen molar-refractivity contribution in [2.75, 3.05) is 0 Å². The molecule has 0 N–H and O–H groups in total. The van der Waals surface area contributed by atoms with Gasteiger partial charge in [-0.25, -0.2) is 0 Å². The van der Waals surface area contributed by atoms with Gasteiger partial charge in [-0.05, 0) is 24.3 Å². The van der Waals surface area contributed by atoms with Crippen LogP contribution in [0, 0.1) is 0 Å². The number of oxazole rings is 1. The topological polar surface area (TPSA) is 69.6 Å². The van der Waals surface area contributed by atoms with Crippen LogP contribution in [0.25, 0.3) is 72.5 Å². The molecule has 0 saturated heterocycles. The Labute approximate surface area is 279 Å². The van der Waals surface area contributed by atoms with Crippen molar-refractivity contribution < 1.29 is 4.42 Å². The van der Waals surface area contributed by atoms with E-state index in [1.165, 1.54) is 21.8 Å². The van der Waals surface area contributed by atoms with Crippen LogP contribution in [0.4, 0.5) is 0 Å². The summed E-state index contributed by atoms with van der Waals surface area (Å²) in [5, 5.41) is 2.48. The minimum absolute atomic E-state index is 0.222. The maximum atomic E-state index is 6.26. The molecular formula is C40H31B2N5O. The quantitative estimate of drug-likeness (QED) is 0.132. The van der Waals surface area contributed by atoms with Gasteiger partial charge in [0.2, 0.25) is 0 Å². The van der Waals surface area contributed by atoms with E-state index in [0.29, 0.717) is 28.9 Å². The number of benzene rings is 4. The molecule has 6 nitrogen and oxygen atoms in total. The van der Waals surface area contributed by atoms with Crippen molar-refractivity contribution in [2.24, 2.45) is 0 Å². The molecule has 4 heterocycles. The van der Waals surface area contributed by atoms with E-state index >= 15 is 0 Å². The zero-order valence-corrected chi connectivity index (χ0v) is 27.0. The van der Waals surface area contributed by atoms with Gasteiger partial charge in [0.25, 0.3) is 0 Å². The molecule has 8 heteroatoms. The maximum absolute atomic E-state index is 6.26. The summed E-state index contributed by atoms with van der Waals surface area (Å²) in [4.78, 5) is 19.7. The molecule has 1 aliphatic rings. The predicted octanol–water partition coefficient (Wildman–Crippen LogP) is 9.11. The summed E-state index contributed by atoms with van der Waals surface area (Å²) >= 11 is 0. The van der Waals surface area contributed by atoms with Gasteiger partial charge in [-0.2, -0.15) is 0 Å². The Bertz CT molecular complexity index is 2450. The zero-order valence-electron chi connectivity index (χ0n) is 27.0. The summed E-state index contributed by atoms with van der Waals surface area (Å²) in [6.07, 6.45) is 10.2. The molecule has 0 amide bonds. The van der Waals surface area contributed by atoms with E-state index in [4.69, 9.17) is 24.4 Å². The molecule has 7 aromatic rings. The van der Waals surface area contributed by atoms with Gasteiger partial charge < -0.3 is 4.57 Å².